The van der Waals surface area contributed by atoms with E-state index in [1.165, 1.54) is 0 Å². The minimum absolute atomic E-state index is 0.518. The van der Waals surface area contributed by atoms with Gasteiger partial charge >= 0.3 is 0 Å². The van der Waals surface area contributed by atoms with Crippen molar-refractivity contribution in [1.29, 1.82) is 0 Å². The molecule has 0 aromatic heterocycles. The summed E-state index contributed by atoms with van der Waals surface area (Å²) in [5.41, 5.74) is 4.36. The Hall–Kier alpha value is -2.16. The van der Waals surface area contributed by atoms with Crippen LogP contribution in [-0.4, -0.2) is 23.9 Å². The lowest BCUT2D eigenvalue weighted by Crippen LogP contribution is -2.29. The van der Waals surface area contributed by atoms with Crippen molar-refractivity contribution in [2.75, 3.05) is 13.2 Å². The fraction of sp³-hybridized carbons (Fsp3) is 0.238. The van der Waals surface area contributed by atoms with Gasteiger partial charge in [-0.1, -0.05) is 60.7 Å². The third-order valence-corrected chi connectivity index (χ3v) is 4.00. The van der Waals surface area contributed by atoms with Crippen LogP contribution in [0.25, 0.3) is 11.6 Å². The Balaban J connectivity index is 2.15. The van der Waals surface area contributed by atoms with E-state index in [0.717, 1.165) is 27.8 Å². The second kappa shape index (κ2) is 6.53. The molecule has 2 nitrogen and oxygen atoms in total. The van der Waals surface area contributed by atoms with Gasteiger partial charge in [0.25, 0.3) is 0 Å². The largest absolute Gasteiger partial charge is 0.386 e. The highest BCUT2D eigenvalue weighted by atomic mass is 16.5. The summed E-state index contributed by atoms with van der Waals surface area (Å²) in [6, 6.07) is 20.3. The lowest BCUT2D eigenvalue weighted by atomic mass is 9.83. The molecule has 1 N–H and O–H groups in total. The SMILES string of the molecule is CC(C)(O)C1=C(c2ccccc2)COC/C1=C\c1ccccc1. The molecule has 0 bridgehead atoms. The highest BCUT2D eigenvalue weighted by Crippen LogP contribution is 2.36. The van der Waals surface area contributed by atoms with Gasteiger partial charge in [0.1, 0.15) is 0 Å². The molecule has 118 valence electrons. The van der Waals surface area contributed by atoms with Crippen molar-refractivity contribution >= 4 is 11.6 Å². The fourth-order valence-corrected chi connectivity index (χ4v) is 3.09. The Morgan fingerprint density at radius 3 is 2.13 bits per heavy atom. The molecule has 0 unspecified atom stereocenters. The van der Waals surface area contributed by atoms with Gasteiger partial charge in [-0.05, 0) is 47.8 Å². The van der Waals surface area contributed by atoms with Crippen molar-refractivity contribution in [3.8, 4) is 0 Å². The van der Waals surface area contributed by atoms with Crippen LogP contribution in [0.2, 0.25) is 0 Å². The predicted octanol–water partition coefficient (Wildman–Crippen LogP) is 4.32. The molecule has 0 saturated carbocycles. The van der Waals surface area contributed by atoms with Crippen molar-refractivity contribution in [3.63, 3.8) is 0 Å². The van der Waals surface area contributed by atoms with Crippen LogP contribution in [0.1, 0.15) is 25.0 Å². The topological polar surface area (TPSA) is 29.5 Å². The molecule has 0 amide bonds. The van der Waals surface area contributed by atoms with E-state index in [4.69, 9.17) is 4.74 Å². The molecular formula is C21H22O2. The number of benzene rings is 2. The average molecular weight is 306 g/mol. The van der Waals surface area contributed by atoms with Gasteiger partial charge in [0, 0.05) is 0 Å². The lowest BCUT2D eigenvalue weighted by molar-refractivity contribution is 0.110. The normalized spacial score (nSPS) is 17.6. The third kappa shape index (κ3) is 3.61. The van der Waals surface area contributed by atoms with Crippen LogP contribution in [0.3, 0.4) is 0 Å². The van der Waals surface area contributed by atoms with Gasteiger partial charge in [0.05, 0.1) is 18.8 Å². The summed E-state index contributed by atoms with van der Waals surface area (Å²) in [4.78, 5) is 0. The monoisotopic (exact) mass is 306 g/mol. The number of hydrogen-bond donors (Lipinski definition) is 1. The van der Waals surface area contributed by atoms with E-state index in [-0.39, 0.29) is 0 Å². The molecular weight excluding hydrogens is 284 g/mol. The molecule has 2 heteroatoms. The summed E-state index contributed by atoms with van der Waals surface area (Å²) < 4.78 is 5.81. The van der Waals surface area contributed by atoms with Crippen molar-refractivity contribution in [2.24, 2.45) is 0 Å². The maximum absolute atomic E-state index is 10.8. The molecule has 23 heavy (non-hydrogen) atoms. The molecule has 0 aliphatic carbocycles. The lowest BCUT2D eigenvalue weighted by Gasteiger charge is -2.32. The van der Waals surface area contributed by atoms with E-state index >= 15 is 0 Å². The van der Waals surface area contributed by atoms with Crippen molar-refractivity contribution in [1.82, 2.24) is 0 Å². The Morgan fingerprint density at radius 2 is 1.52 bits per heavy atom. The summed E-state index contributed by atoms with van der Waals surface area (Å²) in [7, 11) is 0. The maximum atomic E-state index is 10.8. The molecule has 0 atom stereocenters. The average Bonchev–Trinajstić information content (AvgIpc) is 2.55. The highest BCUT2D eigenvalue weighted by molar-refractivity contribution is 5.79. The van der Waals surface area contributed by atoms with E-state index in [9.17, 15) is 5.11 Å². The molecule has 0 radical (unpaired) electrons. The standard InChI is InChI=1S/C21H22O2/c1-21(2,22)20-18(13-16-9-5-3-6-10-16)14-23-15-19(20)17-11-7-4-8-12-17/h3-13,22H,14-15H2,1-2H3/b18-13+. The number of aliphatic hydroxyl groups is 1. The summed E-state index contributed by atoms with van der Waals surface area (Å²) in [6.45, 7) is 4.73. The van der Waals surface area contributed by atoms with E-state index in [0.29, 0.717) is 13.2 Å². The van der Waals surface area contributed by atoms with Crippen LogP contribution in [0.4, 0.5) is 0 Å². The van der Waals surface area contributed by atoms with Gasteiger partial charge in [-0.3, -0.25) is 0 Å². The Labute approximate surface area is 137 Å². The zero-order valence-electron chi connectivity index (χ0n) is 13.6. The van der Waals surface area contributed by atoms with Gasteiger partial charge in [-0.2, -0.15) is 0 Å². The molecule has 0 spiro atoms. The third-order valence-electron chi connectivity index (χ3n) is 4.00. The van der Waals surface area contributed by atoms with Crippen LogP contribution < -0.4 is 0 Å². The minimum atomic E-state index is -0.921. The van der Waals surface area contributed by atoms with Crippen LogP contribution in [0.15, 0.2) is 71.8 Å². The van der Waals surface area contributed by atoms with Crippen LogP contribution in [0, 0.1) is 0 Å². The van der Waals surface area contributed by atoms with E-state index in [2.05, 4.69) is 30.3 Å². The summed E-state index contributed by atoms with van der Waals surface area (Å²) in [6.07, 6.45) is 2.11. The molecule has 0 saturated heterocycles. The first-order valence-electron chi connectivity index (χ1n) is 7.91. The first-order valence-corrected chi connectivity index (χ1v) is 7.91. The van der Waals surface area contributed by atoms with Crippen molar-refractivity contribution < 1.29 is 9.84 Å². The second-order valence-electron chi connectivity index (χ2n) is 6.35. The second-order valence-corrected chi connectivity index (χ2v) is 6.35. The maximum Gasteiger partial charge on any atom is 0.0847 e. The quantitative estimate of drug-likeness (QED) is 0.915. The summed E-state index contributed by atoms with van der Waals surface area (Å²) in [5.74, 6) is 0. The van der Waals surface area contributed by atoms with Gasteiger partial charge in [0.15, 0.2) is 0 Å². The van der Waals surface area contributed by atoms with Crippen LogP contribution in [0.5, 0.6) is 0 Å². The summed E-state index contributed by atoms with van der Waals surface area (Å²) in [5, 5.41) is 10.8. The zero-order chi connectivity index (χ0) is 16.3. The van der Waals surface area contributed by atoms with Crippen LogP contribution >= 0.6 is 0 Å². The number of hydrogen-bond acceptors (Lipinski definition) is 2. The first kappa shape index (κ1) is 15.7. The zero-order valence-corrected chi connectivity index (χ0v) is 13.6. The van der Waals surface area contributed by atoms with Gasteiger partial charge in [-0.25, -0.2) is 0 Å². The van der Waals surface area contributed by atoms with Crippen molar-refractivity contribution in [2.45, 2.75) is 19.4 Å². The first-order chi connectivity index (χ1) is 11.1. The summed E-state index contributed by atoms with van der Waals surface area (Å²) >= 11 is 0. The highest BCUT2D eigenvalue weighted by Gasteiger charge is 2.30. The molecule has 1 aliphatic heterocycles. The van der Waals surface area contributed by atoms with E-state index in [1.807, 2.05) is 50.2 Å². The minimum Gasteiger partial charge on any atom is -0.386 e. The van der Waals surface area contributed by atoms with E-state index < -0.39 is 5.60 Å². The molecule has 3 rings (SSSR count). The smallest absolute Gasteiger partial charge is 0.0847 e. The molecule has 2 aromatic rings. The van der Waals surface area contributed by atoms with Crippen molar-refractivity contribution in [3.05, 3.63) is 82.9 Å². The Bertz CT molecular complexity index is 719. The van der Waals surface area contributed by atoms with Gasteiger partial charge in [-0.15, -0.1) is 0 Å². The predicted molar refractivity (Wildman–Crippen MR) is 94.9 cm³/mol. The van der Waals surface area contributed by atoms with Gasteiger partial charge < -0.3 is 9.84 Å². The molecule has 1 aliphatic rings. The molecule has 0 fully saturated rings. The Morgan fingerprint density at radius 1 is 0.913 bits per heavy atom. The molecule has 1 heterocycles. The van der Waals surface area contributed by atoms with E-state index in [1.54, 1.807) is 0 Å². The number of rotatable bonds is 3. The van der Waals surface area contributed by atoms with Gasteiger partial charge in [0.2, 0.25) is 0 Å². The van der Waals surface area contributed by atoms with Crippen LogP contribution in [-0.2, 0) is 4.74 Å². The fourth-order valence-electron chi connectivity index (χ4n) is 3.09. The Kier molecular flexibility index (Phi) is 4.46. The number of ether oxygens (including phenoxy) is 1. The molecule has 2 aromatic carbocycles.